The maximum Gasteiger partial charge on any atom is 0.253 e. The summed E-state index contributed by atoms with van der Waals surface area (Å²) in [6.45, 7) is 0. The maximum absolute atomic E-state index is 10.3. The Hall–Kier alpha value is -0.440. The van der Waals surface area contributed by atoms with Crippen molar-refractivity contribution in [3.8, 4) is 0 Å². The normalized spacial score (nSPS) is 33.3. The van der Waals surface area contributed by atoms with Crippen LogP contribution in [0.4, 0.5) is 0 Å². The van der Waals surface area contributed by atoms with Crippen LogP contribution in [-0.4, -0.2) is 12.2 Å². The van der Waals surface area contributed by atoms with Crippen molar-refractivity contribution in [2.45, 2.75) is 0 Å². The molecule has 0 aromatic rings. The number of amides is 1. The second-order valence-corrected chi connectivity index (χ2v) is 3.15. The summed E-state index contributed by atoms with van der Waals surface area (Å²) in [6, 6.07) is 0. The van der Waals surface area contributed by atoms with Crippen molar-refractivity contribution in [1.82, 2.24) is 4.72 Å². The summed E-state index contributed by atoms with van der Waals surface area (Å²) >= 11 is -0.284. The van der Waals surface area contributed by atoms with Crippen LogP contribution < -0.4 is 4.72 Å². The van der Waals surface area contributed by atoms with Gasteiger partial charge in [-0.1, -0.05) is 0 Å². The van der Waals surface area contributed by atoms with Gasteiger partial charge in [0.2, 0.25) is 0 Å². The van der Waals surface area contributed by atoms with Crippen molar-refractivity contribution >= 4 is 17.0 Å². The molecule has 3 heteroatoms. The van der Waals surface area contributed by atoms with E-state index < -0.39 is 0 Å². The molecule has 1 N–H and O–H groups in total. The molecule has 1 unspecified atom stereocenters. The van der Waals surface area contributed by atoms with Crippen LogP contribution in [0.25, 0.3) is 0 Å². The van der Waals surface area contributed by atoms with Crippen molar-refractivity contribution in [1.29, 1.82) is 0 Å². The monoisotopic (exact) mass is 117 g/mol. The standard InChI is InChI=1S/C4H7NOS/c1-7-3-2-4(6)5-7/h2-3,7H,1H3,(H,5,6). The quantitative estimate of drug-likeness (QED) is 0.435. The van der Waals surface area contributed by atoms with Crippen molar-refractivity contribution in [3.05, 3.63) is 11.5 Å². The van der Waals surface area contributed by atoms with E-state index in [1.165, 1.54) is 0 Å². The van der Waals surface area contributed by atoms with Gasteiger partial charge < -0.3 is 4.72 Å². The van der Waals surface area contributed by atoms with Gasteiger partial charge >= 0.3 is 0 Å². The molecular weight excluding hydrogens is 110 g/mol. The molecule has 0 spiro atoms. The molecule has 2 nitrogen and oxygen atoms in total. The highest BCUT2D eigenvalue weighted by Gasteiger charge is 2.02. The number of hydrogen-bond acceptors (Lipinski definition) is 1. The molecule has 1 amide bonds. The third-order valence-electron chi connectivity index (χ3n) is 0.736. The van der Waals surface area contributed by atoms with Crippen molar-refractivity contribution in [3.63, 3.8) is 0 Å². The zero-order chi connectivity index (χ0) is 5.28. The van der Waals surface area contributed by atoms with Crippen molar-refractivity contribution in [2.24, 2.45) is 0 Å². The van der Waals surface area contributed by atoms with Crippen LogP contribution in [0.2, 0.25) is 0 Å². The van der Waals surface area contributed by atoms with Crippen molar-refractivity contribution < 1.29 is 4.79 Å². The summed E-state index contributed by atoms with van der Waals surface area (Å²) in [4.78, 5) is 10.3. The highest BCUT2D eigenvalue weighted by atomic mass is 32.2. The lowest BCUT2D eigenvalue weighted by atomic mass is 10.6. The van der Waals surface area contributed by atoms with Gasteiger partial charge in [-0.3, -0.25) is 4.79 Å². The van der Waals surface area contributed by atoms with Gasteiger partial charge in [-0.2, -0.15) is 11.1 Å². The zero-order valence-electron chi connectivity index (χ0n) is 4.01. The van der Waals surface area contributed by atoms with Gasteiger partial charge in [-0.15, -0.1) is 0 Å². The third kappa shape index (κ3) is 0.962. The predicted octanol–water partition coefficient (Wildman–Crippen LogP) is 0.176. The third-order valence-corrected chi connectivity index (χ3v) is 1.91. The van der Waals surface area contributed by atoms with E-state index in [4.69, 9.17) is 0 Å². The van der Waals surface area contributed by atoms with Crippen molar-refractivity contribution in [2.75, 3.05) is 6.26 Å². The first-order valence-corrected chi connectivity index (χ1v) is 3.86. The van der Waals surface area contributed by atoms with E-state index in [2.05, 4.69) is 4.72 Å². The Morgan fingerprint density at radius 3 is 2.71 bits per heavy atom. The number of carbonyl (C=O) groups excluding carboxylic acids is 1. The van der Waals surface area contributed by atoms with Gasteiger partial charge in [0, 0.05) is 6.08 Å². The Morgan fingerprint density at radius 2 is 2.57 bits per heavy atom. The van der Waals surface area contributed by atoms with E-state index in [0.29, 0.717) is 0 Å². The molecule has 40 valence electrons. The van der Waals surface area contributed by atoms with Crippen LogP contribution in [-0.2, 0) is 4.79 Å². The molecular formula is C4H7NOS. The Morgan fingerprint density at radius 1 is 1.86 bits per heavy atom. The molecule has 0 aliphatic carbocycles. The van der Waals surface area contributed by atoms with Crippen LogP contribution in [0.15, 0.2) is 11.5 Å². The van der Waals surface area contributed by atoms with Gasteiger partial charge in [0.25, 0.3) is 5.91 Å². The second-order valence-electron chi connectivity index (χ2n) is 1.40. The van der Waals surface area contributed by atoms with Gasteiger partial charge in [-0.05, 0) is 11.7 Å². The molecule has 0 radical (unpaired) electrons. The molecule has 1 heterocycles. The number of thiol groups is 1. The minimum Gasteiger partial charge on any atom is -0.314 e. The van der Waals surface area contributed by atoms with Crippen LogP contribution in [0.3, 0.4) is 0 Å². The Balaban J connectivity index is 2.58. The van der Waals surface area contributed by atoms with Gasteiger partial charge in [0.15, 0.2) is 0 Å². The molecule has 7 heavy (non-hydrogen) atoms. The van der Waals surface area contributed by atoms with Crippen LogP contribution in [0, 0.1) is 0 Å². The highest BCUT2D eigenvalue weighted by molar-refractivity contribution is 8.18. The number of nitrogens with one attached hydrogen (secondary N) is 1. The Kier molecular flexibility index (Phi) is 1.06. The average molecular weight is 117 g/mol. The molecule has 1 aliphatic rings. The van der Waals surface area contributed by atoms with E-state index in [0.717, 1.165) is 0 Å². The molecule has 0 fully saturated rings. The fourth-order valence-corrected chi connectivity index (χ4v) is 1.28. The van der Waals surface area contributed by atoms with E-state index in [1.807, 2.05) is 11.7 Å². The highest BCUT2D eigenvalue weighted by Crippen LogP contribution is 2.19. The number of rotatable bonds is 0. The van der Waals surface area contributed by atoms with Crippen LogP contribution in [0.5, 0.6) is 0 Å². The lowest BCUT2D eigenvalue weighted by Crippen LogP contribution is -2.09. The van der Waals surface area contributed by atoms with E-state index >= 15 is 0 Å². The minimum atomic E-state index is -0.284. The number of carbonyl (C=O) groups is 1. The molecule has 0 aromatic carbocycles. The smallest absolute Gasteiger partial charge is 0.253 e. The Labute approximate surface area is 45.1 Å². The molecule has 1 rings (SSSR count). The number of hydrogen-bond donors (Lipinski definition) is 2. The fourth-order valence-electron chi connectivity index (χ4n) is 0.428. The second kappa shape index (κ2) is 1.58. The fraction of sp³-hybridized carbons (Fsp3) is 0.250. The summed E-state index contributed by atoms with van der Waals surface area (Å²) in [6.07, 6.45) is 3.57. The average Bonchev–Trinajstić information content (AvgIpc) is 1.87. The van der Waals surface area contributed by atoms with Gasteiger partial charge in [-0.25, -0.2) is 0 Å². The first kappa shape index (κ1) is 4.71. The summed E-state index contributed by atoms with van der Waals surface area (Å²) in [7, 11) is 0. The first-order chi connectivity index (χ1) is 3.29. The molecule has 1 aliphatic heterocycles. The molecule has 0 aromatic heterocycles. The van der Waals surface area contributed by atoms with Crippen LogP contribution in [0.1, 0.15) is 0 Å². The van der Waals surface area contributed by atoms with E-state index in [1.54, 1.807) is 6.08 Å². The summed E-state index contributed by atoms with van der Waals surface area (Å²) in [5.74, 6) is 0.0496. The van der Waals surface area contributed by atoms with Crippen LogP contribution >= 0.6 is 11.1 Å². The first-order valence-electron chi connectivity index (χ1n) is 2.01. The largest absolute Gasteiger partial charge is 0.314 e. The van der Waals surface area contributed by atoms with E-state index in [-0.39, 0.29) is 17.0 Å². The summed E-state index contributed by atoms with van der Waals surface area (Å²) < 4.78 is 2.73. The molecule has 1 atom stereocenters. The molecule has 0 bridgehead atoms. The summed E-state index contributed by atoms with van der Waals surface area (Å²) in [5, 5.41) is 1.90. The lowest BCUT2D eigenvalue weighted by Gasteiger charge is -2.01. The maximum atomic E-state index is 10.3. The predicted molar refractivity (Wildman–Crippen MR) is 32.2 cm³/mol. The Bertz CT molecular complexity index is 121. The van der Waals surface area contributed by atoms with Gasteiger partial charge in [0.05, 0.1) is 0 Å². The zero-order valence-corrected chi connectivity index (χ0v) is 4.90. The molecule has 0 saturated heterocycles. The topological polar surface area (TPSA) is 29.1 Å². The van der Waals surface area contributed by atoms with E-state index in [9.17, 15) is 4.79 Å². The summed E-state index contributed by atoms with van der Waals surface area (Å²) in [5.41, 5.74) is 0. The SMILES string of the molecule is C[SH]1C=CC(=O)N1. The molecule has 0 saturated carbocycles. The minimum absolute atomic E-state index is 0.0496. The lowest BCUT2D eigenvalue weighted by molar-refractivity contribution is -0.114. The van der Waals surface area contributed by atoms with Gasteiger partial charge in [0.1, 0.15) is 0 Å².